The van der Waals surface area contributed by atoms with Gasteiger partial charge in [-0.05, 0) is 0 Å². The molecule has 0 bridgehead atoms. The van der Waals surface area contributed by atoms with E-state index in [9.17, 15) is 4.79 Å². The van der Waals surface area contributed by atoms with E-state index in [2.05, 4.69) is 26.5 Å². The number of rotatable bonds is 3. The summed E-state index contributed by atoms with van der Waals surface area (Å²) in [6.45, 7) is 7.48. The van der Waals surface area contributed by atoms with Gasteiger partial charge in [0.05, 0.1) is 34.2 Å². The van der Waals surface area contributed by atoms with Crippen molar-refractivity contribution < 1.29 is 9.28 Å². The summed E-state index contributed by atoms with van der Waals surface area (Å²) < 4.78 is 0.879. The number of hydrogen-bond acceptors (Lipinski definition) is 1. The Morgan fingerprint density at radius 2 is 1.69 bits per heavy atom. The molecule has 0 aliphatic rings. The number of amides is 1. The normalized spacial score (nSPS) is 12.8. The second kappa shape index (κ2) is 4.09. The molecule has 0 heterocycles. The first kappa shape index (κ1) is 12.4. The van der Waals surface area contributed by atoms with E-state index in [1.807, 2.05) is 20.8 Å². The van der Waals surface area contributed by atoms with Crippen molar-refractivity contribution in [3.8, 4) is 0 Å². The molecular formula is C10H23N2O+. The van der Waals surface area contributed by atoms with Crippen molar-refractivity contribution in [3.05, 3.63) is 0 Å². The van der Waals surface area contributed by atoms with Gasteiger partial charge in [-0.25, -0.2) is 0 Å². The molecule has 3 heteroatoms. The minimum atomic E-state index is -0.273. The van der Waals surface area contributed by atoms with Crippen LogP contribution in [0.2, 0.25) is 0 Å². The highest BCUT2D eigenvalue weighted by molar-refractivity contribution is 5.81. The minimum Gasteiger partial charge on any atom is -0.350 e. The number of quaternary nitrogens is 1. The van der Waals surface area contributed by atoms with Crippen molar-refractivity contribution in [2.45, 2.75) is 20.8 Å². The van der Waals surface area contributed by atoms with Gasteiger partial charge in [0.15, 0.2) is 0 Å². The Bertz CT molecular complexity index is 174. The Morgan fingerprint density at radius 3 is 2.00 bits per heavy atom. The van der Waals surface area contributed by atoms with Gasteiger partial charge in [-0.15, -0.1) is 0 Å². The molecule has 0 saturated carbocycles. The van der Waals surface area contributed by atoms with E-state index < -0.39 is 0 Å². The Morgan fingerprint density at radius 1 is 1.23 bits per heavy atom. The maximum Gasteiger partial charge on any atom is 0.225 e. The number of carbonyl (C=O) groups is 1. The third kappa shape index (κ3) is 6.58. The number of nitrogens with one attached hydrogen (secondary N) is 1. The fourth-order valence-corrected chi connectivity index (χ4v) is 0.770. The van der Waals surface area contributed by atoms with Gasteiger partial charge in [0, 0.05) is 5.41 Å². The molecule has 1 N–H and O–H groups in total. The van der Waals surface area contributed by atoms with E-state index in [-0.39, 0.29) is 11.3 Å². The smallest absolute Gasteiger partial charge is 0.225 e. The molecule has 0 radical (unpaired) electrons. The first-order valence-corrected chi connectivity index (χ1v) is 4.72. The standard InChI is InChI=1S/C10H22N2O/c1-10(2,3)9(13)11-7-8-12(4,5)6/h7-8H2,1-6H3/p+1. The molecule has 0 rings (SSSR count). The molecular weight excluding hydrogens is 164 g/mol. The monoisotopic (exact) mass is 187 g/mol. The zero-order valence-electron chi connectivity index (χ0n) is 9.77. The topological polar surface area (TPSA) is 29.1 Å². The predicted molar refractivity (Wildman–Crippen MR) is 55.4 cm³/mol. The van der Waals surface area contributed by atoms with E-state index in [0.29, 0.717) is 0 Å². The van der Waals surface area contributed by atoms with Crippen LogP contribution in [0.25, 0.3) is 0 Å². The summed E-state index contributed by atoms with van der Waals surface area (Å²) >= 11 is 0. The van der Waals surface area contributed by atoms with Gasteiger partial charge in [-0.3, -0.25) is 4.79 Å². The second-order valence-corrected chi connectivity index (χ2v) is 5.52. The van der Waals surface area contributed by atoms with Gasteiger partial charge in [0.25, 0.3) is 0 Å². The molecule has 0 atom stereocenters. The maximum atomic E-state index is 11.4. The lowest BCUT2D eigenvalue weighted by Crippen LogP contribution is -2.44. The highest BCUT2D eigenvalue weighted by Gasteiger charge is 2.21. The van der Waals surface area contributed by atoms with Crippen LogP contribution in [0.5, 0.6) is 0 Å². The molecule has 0 fully saturated rings. The highest BCUT2D eigenvalue weighted by Crippen LogP contribution is 2.11. The fraction of sp³-hybridized carbons (Fsp3) is 0.900. The van der Waals surface area contributed by atoms with Crippen molar-refractivity contribution in [2.24, 2.45) is 5.41 Å². The van der Waals surface area contributed by atoms with E-state index >= 15 is 0 Å². The molecule has 0 spiro atoms. The average molecular weight is 187 g/mol. The predicted octanol–water partition coefficient (Wildman–Crippen LogP) is 0.855. The maximum absolute atomic E-state index is 11.4. The second-order valence-electron chi connectivity index (χ2n) is 5.52. The summed E-state index contributed by atoms with van der Waals surface area (Å²) in [6.07, 6.45) is 0. The van der Waals surface area contributed by atoms with E-state index in [4.69, 9.17) is 0 Å². The van der Waals surface area contributed by atoms with Crippen LogP contribution in [0.15, 0.2) is 0 Å². The lowest BCUT2D eigenvalue weighted by atomic mass is 9.96. The van der Waals surface area contributed by atoms with E-state index in [0.717, 1.165) is 17.6 Å². The molecule has 0 saturated heterocycles. The summed E-state index contributed by atoms with van der Waals surface area (Å²) in [4.78, 5) is 11.4. The van der Waals surface area contributed by atoms with Gasteiger partial charge in [0.2, 0.25) is 5.91 Å². The van der Waals surface area contributed by atoms with Crippen LogP contribution < -0.4 is 5.32 Å². The molecule has 0 aliphatic heterocycles. The molecule has 0 aliphatic carbocycles. The van der Waals surface area contributed by atoms with Gasteiger partial charge in [-0.1, -0.05) is 20.8 Å². The first-order valence-electron chi connectivity index (χ1n) is 4.72. The quantitative estimate of drug-likeness (QED) is 0.652. The number of nitrogens with zero attached hydrogens (tertiary/aromatic N) is 1. The van der Waals surface area contributed by atoms with E-state index in [1.165, 1.54) is 0 Å². The van der Waals surface area contributed by atoms with Crippen LogP contribution in [0.3, 0.4) is 0 Å². The van der Waals surface area contributed by atoms with Crippen molar-refractivity contribution in [1.29, 1.82) is 0 Å². The summed E-state index contributed by atoms with van der Waals surface area (Å²) in [5, 5.41) is 2.92. The highest BCUT2D eigenvalue weighted by atomic mass is 16.2. The van der Waals surface area contributed by atoms with Crippen molar-refractivity contribution in [2.75, 3.05) is 34.2 Å². The van der Waals surface area contributed by atoms with Crippen LogP contribution >= 0.6 is 0 Å². The third-order valence-electron chi connectivity index (χ3n) is 1.75. The largest absolute Gasteiger partial charge is 0.350 e. The van der Waals surface area contributed by atoms with Crippen LogP contribution in [0.4, 0.5) is 0 Å². The molecule has 0 aromatic carbocycles. The van der Waals surface area contributed by atoms with Gasteiger partial charge >= 0.3 is 0 Å². The molecule has 0 unspecified atom stereocenters. The Labute approximate surface area is 81.7 Å². The van der Waals surface area contributed by atoms with E-state index in [1.54, 1.807) is 0 Å². The summed E-state index contributed by atoms with van der Waals surface area (Å²) in [7, 11) is 6.34. The van der Waals surface area contributed by atoms with Crippen molar-refractivity contribution >= 4 is 5.91 Å². The van der Waals surface area contributed by atoms with Crippen LogP contribution in [-0.4, -0.2) is 44.6 Å². The molecule has 78 valence electrons. The molecule has 1 amide bonds. The van der Waals surface area contributed by atoms with Crippen LogP contribution in [-0.2, 0) is 4.79 Å². The van der Waals surface area contributed by atoms with Crippen LogP contribution in [0.1, 0.15) is 20.8 Å². The van der Waals surface area contributed by atoms with Gasteiger partial charge in [-0.2, -0.15) is 0 Å². The SMILES string of the molecule is CC(C)(C)C(=O)NCC[N+](C)(C)C. The van der Waals surface area contributed by atoms with Crippen molar-refractivity contribution in [3.63, 3.8) is 0 Å². The lowest BCUT2D eigenvalue weighted by Gasteiger charge is -2.25. The zero-order valence-corrected chi connectivity index (χ0v) is 9.77. The first-order chi connectivity index (χ1) is 5.63. The Balaban J connectivity index is 3.74. The molecule has 0 aromatic rings. The fourth-order valence-electron chi connectivity index (χ4n) is 0.770. The summed E-state index contributed by atoms with van der Waals surface area (Å²) in [6, 6.07) is 0. The molecule has 0 aromatic heterocycles. The van der Waals surface area contributed by atoms with Gasteiger partial charge in [0.1, 0.15) is 0 Å². The zero-order chi connectivity index (χ0) is 10.7. The Hall–Kier alpha value is -0.570. The average Bonchev–Trinajstić information content (AvgIpc) is 1.82. The lowest BCUT2D eigenvalue weighted by molar-refractivity contribution is -0.869. The Kier molecular flexibility index (Phi) is 3.91. The number of carbonyl (C=O) groups excluding carboxylic acids is 1. The summed E-state index contributed by atoms with van der Waals surface area (Å²) in [5.41, 5.74) is -0.273. The molecule has 13 heavy (non-hydrogen) atoms. The third-order valence-corrected chi connectivity index (χ3v) is 1.75. The molecule has 3 nitrogen and oxygen atoms in total. The van der Waals surface area contributed by atoms with Crippen LogP contribution in [0, 0.1) is 5.41 Å². The van der Waals surface area contributed by atoms with Gasteiger partial charge < -0.3 is 9.80 Å². The van der Waals surface area contributed by atoms with Crippen molar-refractivity contribution in [1.82, 2.24) is 5.32 Å². The summed E-state index contributed by atoms with van der Waals surface area (Å²) in [5.74, 6) is 0.126. The number of hydrogen-bond donors (Lipinski definition) is 1. The minimum absolute atomic E-state index is 0.126. The number of likely N-dealkylation sites (N-methyl/N-ethyl adjacent to an activating group) is 1.